The fraction of sp³-hybridized carbons (Fsp3) is 0.700. The van der Waals surface area contributed by atoms with Crippen molar-refractivity contribution in [1.29, 1.82) is 0 Å². The van der Waals surface area contributed by atoms with Gasteiger partial charge >= 0.3 is 0 Å². The predicted molar refractivity (Wildman–Crippen MR) is 61.8 cm³/mol. The van der Waals surface area contributed by atoms with Gasteiger partial charge in [0.05, 0.1) is 28.1 Å². The molecule has 4 nitrogen and oxygen atoms in total. The Bertz CT molecular complexity index is 347. The summed E-state index contributed by atoms with van der Waals surface area (Å²) in [7, 11) is 3.45. The van der Waals surface area contributed by atoms with Gasteiger partial charge in [-0.15, -0.1) is 0 Å². The van der Waals surface area contributed by atoms with Crippen LogP contribution in [0.25, 0.3) is 0 Å². The summed E-state index contributed by atoms with van der Waals surface area (Å²) in [4.78, 5) is 0. The van der Waals surface area contributed by atoms with Gasteiger partial charge in [-0.25, -0.2) is 0 Å². The van der Waals surface area contributed by atoms with Gasteiger partial charge in [0.25, 0.3) is 0 Å². The molecular weight excluding hydrogens is 260 g/mol. The van der Waals surface area contributed by atoms with Gasteiger partial charge in [0.2, 0.25) is 0 Å². The second kappa shape index (κ2) is 4.63. The van der Waals surface area contributed by atoms with Crippen LogP contribution in [0.15, 0.2) is 4.47 Å². The molecule has 1 unspecified atom stereocenters. The van der Waals surface area contributed by atoms with E-state index in [1.165, 1.54) is 0 Å². The molecule has 0 aliphatic rings. The maximum atomic E-state index is 10.0. The quantitative estimate of drug-likeness (QED) is 0.905. The van der Waals surface area contributed by atoms with Crippen molar-refractivity contribution in [2.75, 3.05) is 13.7 Å². The maximum absolute atomic E-state index is 10.0. The number of halogens is 1. The lowest BCUT2D eigenvalue weighted by Gasteiger charge is -2.22. The summed E-state index contributed by atoms with van der Waals surface area (Å²) in [6.45, 7) is 3.99. The normalized spacial score (nSPS) is 15.3. The van der Waals surface area contributed by atoms with Crippen molar-refractivity contribution < 1.29 is 9.84 Å². The number of hydrogen-bond donors (Lipinski definition) is 1. The van der Waals surface area contributed by atoms with Crippen molar-refractivity contribution in [3.8, 4) is 0 Å². The number of methoxy groups -OCH3 is 1. The third-order valence-electron chi connectivity index (χ3n) is 2.27. The first-order valence-corrected chi connectivity index (χ1v) is 5.56. The van der Waals surface area contributed by atoms with Crippen molar-refractivity contribution in [2.24, 2.45) is 7.05 Å². The molecule has 15 heavy (non-hydrogen) atoms. The highest BCUT2D eigenvalue weighted by atomic mass is 79.9. The molecular formula is C10H17BrN2O2. The zero-order chi connectivity index (χ0) is 11.6. The predicted octanol–water partition coefficient (Wildman–Crippen LogP) is 1.43. The highest BCUT2D eigenvalue weighted by Gasteiger charge is 2.24. The van der Waals surface area contributed by atoms with Gasteiger partial charge < -0.3 is 9.84 Å². The number of hydrogen-bond acceptors (Lipinski definition) is 3. The van der Waals surface area contributed by atoms with Gasteiger partial charge in [-0.2, -0.15) is 5.10 Å². The first-order valence-electron chi connectivity index (χ1n) is 4.76. The SMILES string of the molecule is COCC(C)(O)Cc1c(Br)c(C)nn1C. The molecule has 1 aromatic heterocycles. The lowest BCUT2D eigenvalue weighted by molar-refractivity contribution is -0.0174. The summed E-state index contributed by atoms with van der Waals surface area (Å²) in [5.41, 5.74) is 1.05. The minimum absolute atomic E-state index is 0.309. The monoisotopic (exact) mass is 276 g/mol. The molecule has 0 aromatic carbocycles. The van der Waals surface area contributed by atoms with E-state index in [2.05, 4.69) is 21.0 Å². The van der Waals surface area contributed by atoms with Crippen LogP contribution in [0.1, 0.15) is 18.3 Å². The van der Waals surface area contributed by atoms with Crippen molar-refractivity contribution >= 4 is 15.9 Å². The van der Waals surface area contributed by atoms with E-state index in [0.717, 1.165) is 15.9 Å². The van der Waals surface area contributed by atoms with Gasteiger partial charge in [0.1, 0.15) is 0 Å². The van der Waals surface area contributed by atoms with Gasteiger partial charge in [-0.1, -0.05) is 0 Å². The Labute approximate surface area is 98.4 Å². The number of rotatable bonds is 4. The maximum Gasteiger partial charge on any atom is 0.0907 e. The molecule has 0 radical (unpaired) electrons. The average Bonchev–Trinajstić information content (AvgIpc) is 2.32. The molecule has 0 fully saturated rings. The molecule has 1 heterocycles. The summed E-state index contributed by atoms with van der Waals surface area (Å²) in [6, 6.07) is 0. The van der Waals surface area contributed by atoms with Crippen LogP contribution in [0.3, 0.4) is 0 Å². The third-order valence-corrected chi connectivity index (χ3v) is 3.30. The van der Waals surface area contributed by atoms with Crippen LogP contribution in [-0.2, 0) is 18.2 Å². The van der Waals surface area contributed by atoms with Crippen molar-refractivity contribution in [2.45, 2.75) is 25.9 Å². The molecule has 1 N–H and O–H groups in total. The van der Waals surface area contributed by atoms with Crippen LogP contribution in [0.4, 0.5) is 0 Å². The summed E-state index contributed by atoms with van der Waals surface area (Å²) in [5.74, 6) is 0. The van der Waals surface area contributed by atoms with E-state index in [-0.39, 0.29) is 0 Å². The fourth-order valence-electron chi connectivity index (χ4n) is 1.59. The van der Waals surface area contributed by atoms with Crippen LogP contribution < -0.4 is 0 Å². The molecule has 86 valence electrons. The van der Waals surface area contributed by atoms with Crippen LogP contribution in [0.2, 0.25) is 0 Å². The van der Waals surface area contributed by atoms with Crippen molar-refractivity contribution in [1.82, 2.24) is 9.78 Å². The van der Waals surface area contributed by atoms with E-state index in [1.54, 1.807) is 18.7 Å². The number of nitrogens with zero attached hydrogens (tertiary/aromatic N) is 2. The molecule has 1 aromatic rings. The summed E-state index contributed by atoms with van der Waals surface area (Å²) in [6.07, 6.45) is 0.513. The van der Waals surface area contributed by atoms with Crippen molar-refractivity contribution in [3.05, 3.63) is 15.9 Å². The summed E-state index contributed by atoms with van der Waals surface area (Å²) in [5, 5.41) is 14.3. The first-order chi connectivity index (χ1) is 6.87. The van der Waals surface area contributed by atoms with Gasteiger partial charge in [0.15, 0.2) is 0 Å². The topological polar surface area (TPSA) is 47.3 Å². The number of aliphatic hydroxyl groups is 1. The Morgan fingerprint density at radius 2 is 2.20 bits per heavy atom. The smallest absolute Gasteiger partial charge is 0.0907 e. The zero-order valence-corrected chi connectivity index (χ0v) is 11.1. The largest absolute Gasteiger partial charge is 0.387 e. The van der Waals surface area contributed by atoms with E-state index < -0.39 is 5.60 Å². The second-order valence-electron chi connectivity index (χ2n) is 4.08. The zero-order valence-electron chi connectivity index (χ0n) is 9.54. The molecule has 1 rings (SSSR count). The highest BCUT2D eigenvalue weighted by Crippen LogP contribution is 2.24. The Kier molecular flexibility index (Phi) is 3.92. The minimum Gasteiger partial charge on any atom is -0.387 e. The molecule has 0 saturated carbocycles. The molecule has 0 aliphatic heterocycles. The third kappa shape index (κ3) is 3.03. The number of ether oxygens (including phenoxy) is 1. The standard InChI is InChI=1S/C10H17BrN2O2/c1-7-9(11)8(13(3)12-7)5-10(2,14)6-15-4/h14H,5-6H2,1-4H3. The molecule has 0 amide bonds. The Morgan fingerprint density at radius 3 is 2.60 bits per heavy atom. The highest BCUT2D eigenvalue weighted by molar-refractivity contribution is 9.10. The van der Waals surface area contributed by atoms with Crippen molar-refractivity contribution in [3.63, 3.8) is 0 Å². The van der Waals surface area contributed by atoms with Crippen LogP contribution in [-0.4, -0.2) is 34.2 Å². The lowest BCUT2D eigenvalue weighted by atomic mass is 10.0. The Hall–Kier alpha value is -0.390. The molecule has 0 aliphatic carbocycles. The summed E-state index contributed by atoms with van der Waals surface area (Å²) < 4.78 is 7.71. The van der Waals surface area contributed by atoms with Crippen LogP contribution in [0, 0.1) is 6.92 Å². The molecule has 0 spiro atoms. The van der Waals surface area contributed by atoms with E-state index in [1.807, 2.05) is 14.0 Å². The van der Waals surface area contributed by atoms with E-state index in [9.17, 15) is 5.11 Å². The van der Waals surface area contributed by atoms with E-state index in [4.69, 9.17) is 4.74 Å². The number of aryl methyl sites for hydroxylation is 2. The first kappa shape index (κ1) is 12.7. The summed E-state index contributed by atoms with van der Waals surface area (Å²) >= 11 is 3.47. The Morgan fingerprint density at radius 1 is 1.60 bits per heavy atom. The van der Waals surface area contributed by atoms with Gasteiger partial charge in [-0.05, 0) is 29.8 Å². The molecule has 0 bridgehead atoms. The molecule has 5 heteroatoms. The minimum atomic E-state index is -0.864. The van der Waals surface area contributed by atoms with E-state index >= 15 is 0 Å². The molecule has 1 atom stereocenters. The van der Waals surface area contributed by atoms with Gasteiger partial charge in [-0.3, -0.25) is 4.68 Å². The fourth-order valence-corrected chi connectivity index (χ4v) is 2.07. The molecule has 0 saturated heterocycles. The van der Waals surface area contributed by atoms with Crippen LogP contribution in [0.5, 0.6) is 0 Å². The van der Waals surface area contributed by atoms with Crippen LogP contribution >= 0.6 is 15.9 Å². The van der Waals surface area contributed by atoms with E-state index in [0.29, 0.717) is 13.0 Å². The lowest BCUT2D eigenvalue weighted by Crippen LogP contribution is -2.33. The number of aromatic nitrogens is 2. The van der Waals surface area contributed by atoms with Gasteiger partial charge in [0, 0.05) is 20.6 Å². The average molecular weight is 277 g/mol. The second-order valence-corrected chi connectivity index (χ2v) is 4.87. The Balaban J connectivity index is 2.89.